The summed E-state index contributed by atoms with van der Waals surface area (Å²) < 4.78 is 5.51. The Hall–Kier alpha value is -3.46. The van der Waals surface area contributed by atoms with Gasteiger partial charge < -0.3 is 20.5 Å². The molecule has 0 bridgehead atoms. The Morgan fingerprint density at radius 1 is 1.25 bits per heavy atom. The van der Waals surface area contributed by atoms with Gasteiger partial charge in [0.25, 0.3) is 0 Å². The van der Waals surface area contributed by atoms with Crippen LogP contribution in [-0.4, -0.2) is 18.1 Å². The second kappa shape index (κ2) is 4.52. The average Bonchev–Trinajstić information content (AvgIpc) is 2.78. The van der Waals surface area contributed by atoms with Crippen LogP contribution in [0.4, 0.5) is 5.69 Å². The summed E-state index contributed by atoms with van der Waals surface area (Å²) in [5.74, 6) is -0.151. The minimum Gasteiger partial charge on any atom is -0.508 e. The fraction of sp³-hybridized carbons (Fsp3) is 0.111. The monoisotopic (exact) mass is 319 g/mol. The van der Waals surface area contributed by atoms with Gasteiger partial charge in [-0.15, -0.1) is 0 Å². The number of nitrogens with two attached hydrogens (primary N) is 1. The molecule has 0 saturated heterocycles. The molecule has 1 spiro atoms. The van der Waals surface area contributed by atoms with Crippen LogP contribution in [0.25, 0.3) is 0 Å². The maximum Gasteiger partial charge on any atom is 0.247 e. The van der Waals surface area contributed by atoms with Gasteiger partial charge >= 0.3 is 0 Å². The summed E-state index contributed by atoms with van der Waals surface area (Å²) in [5.41, 5.74) is 6.54. The van der Waals surface area contributed by atoms with E-state index in [1.807, 2.05) is 24.3 Å². The summed E-state index contributed by atoms with van der Waals surface area (Å²) in [6.07, 6.45) is 0. The molecule has 2 aromatic rings. The number of carbonyl (C=O) groups is 1. The fourth-order valence-corrected chi connectivity index (χ4v) is 3.59. The third-order valence-corrected chi connectivity index (χ3v) is 4.62. The van der Waals surface area contributed by atoms with Crippen molar-refractivity contribution in [3.8, 4) is 17.6 Å². The van der Waals surface area contributed by atoms with Crippen molar-refractivity contribution in [3.05, 3.63) is 65.0 Å². The molecule has 1 amide bonds. The van der Waals surface area contributed by atoms with E-state index in [9.17, 15) is 15.2 Å². The third-order valence-electron chi connectivity index (χ3n) is 4.62. The van der Waals surface area contributed by atoms with Crippen LogP contribution in [-0.2, 0) is 10.2 Å². The normalized spacial score (nSPS) is 21.3. The van der Waals surface area contributed by atoms with E-state index in [0.29, 0.717) is 16.8 Å². The van der Waals surface area contributed by atoms with E-state index in [-0.39, 0.29) is 28.9 Å². The molecule has 0 fully saturated rings. The van der Waals surface area contributed by atoms with Crippen molar-refractivity contribution in [1.82, 2.24) is 0 Å². The lowest BCUT2D eigenvalue weighted by Gasteiger charge is -2.34. The number of hydrogen-bond donors (Lipinski definition) is 2. The molecule has 24 heavy (non-hydrogen) atoms. The van der Waals surface area contributed by atoms with Gasteiger partial charge in [0.1, 0.15) is 28.6 Å². The quantitative estimate of drug-likeness (QED) is 0.770. The number of ether oxygens (including phenoxy) is 1. The van der Waals surface area contributed by atoms with Crippen LogP contribution in [0.15, 0.2) is 53.9 Å². The van der Waals surface area contributed by atoms with E-state index in [1.54, 1.807) is 13.1 Å². The maximum absolute atomic E-state index is 13.3. The lowest BCUT2D eigenvalue weighted by atomic mass is 9.69. The van der Waals surface area contributed by atoms with Crippen molar-refractivity contribution in [2.45, 2.75) is 5.41 Å². The molecule has 118 valence electrons. The summed E-state index contributed by atoms with van der Waals surface area (Å²) in [6.45, 7) is 0. The molecule has 1 atom stereocenters. The van der Waals surface area contributed by atoms with Crippen molar-refractivity contribution in [2.24, 2.45) is 5.73 Å². The Morgan fingerprint density at radius 2 is 2.00 bits per heavy atom. The van der Waals surface area contributed by atoms with Crippen LogP contribution in [0.3, 0.4) is 0 Å². The van der Waals surface area contributed by atoms with E-state index in [2.05, 4.69) is 6.07 Å². The molecule has 0 aliphatic carbocycles. The first-order valence-electron chi connectivity index (χ1n) is 7.31. The highest BCUT2D eigenvalue weighted by atomic mass is 16.5. The van der Waals surface area contributed by atoms with Crippen LogP contribution in [0, 0.1) is 11.3 Å². The number of rotatable bonds is 0. The highest BCUT2D eigenvalue weighted by molar-refractivity contribution is 6.13. The number of phenols is 1. The molecular formula is C18H13N3O3. The van der Waals surface area contributed by atoms with Crippen molar-refractivity contribution >= 4 is 11.6 Å². The highest BCUT2D eigenvalue weighted by Gasteiger charge is 2.58. The molecule has 2 heterocycles. The van der Waals surface area contributed by atoms with Gasteiger partial charge in [0.2, 0.25) is 11.8 Å². The Kier molecular flexibility index (Phi) is 2.67. The number of hydrogen-bond acceptors (Lipinski definition) is 5. The molecule has 0 radical (unpaired) electrons. The Bertz CT molecular complexity index is 974. The first kappa shape index (κ1) is 14.2. The van der Waals surface area contributed by atoms with Gasteiger partial charge in [0.15, 0.2) is 0 Å². The Morgan fingerprint density at radius 3 is 2.75 bits per heavy atom. The second-order valence-electron chi connectivity index (χ2n) is 5.76. The lowest BCUT2D eigenvalue weighted by molar-refractivity contribution is -0.120. The number of amides is 1. The number of likely N-dealkylation sites (N-methyl/N-ethyl adjacent to an activating group) is 1. The van der Waals surface area contributed by atoms with Gasteiger partial charge in [-0.05, 0) is 18.2 Å². The van der Waals surface area contributed by atoms with Crippen molar-refractivity contribution in [2.75, 3.05) is 11.9 Å². The highest BCUT2D eigenvalue weighted by Crippen LogP contribution is 2.55. The van der Waals surface area contributed by atoms with Crippen molar-refractivity contribution in [1.29, 1.82) is 5.26 Å². The molecule has 6 heteroatoms. The van der Waals surface area contributed by atoms with Crippen molar-refractivity contribution < 1.29 is 14.6 Å². The standard InChI is InChI=1S/C18H13N3O3/c1-21-14-5-3-2-4-11(14)18(17(21)23)12-7-6-10(22)8-15(12)24-16(20)13(18)9-19/h2-8,22H,20H2,1H3. The number of phenolic OH excluding ortho intramolecular Hbond substituents is 1. The van der Waals surface area contributed by atoms with E-state index in [4.69, 9.17) is 10.5 Å². The first-order chi connectivity index (χ1) is 11.5. The molecule has 6 nitrogen and oxygen atoms in total. The molecule has 2 aliphatic heterocycles. The molecule has 4 rings (SSSR count). The van der Waals surface area contributed by atoms with Crippen molar-refractivity contribution in [3.63, 3.8) is 0 Å². The van der Waals surface area contributed by atoms with Gasteiger partial charge in [-0.25, -0.2) is 0 Å². The fourth-order valence-electron chi connectivity index (χ4n) is 3.59. The first-order valence-corrected chi connectivity index (χ1v) is 7.31. The number of anilines is 1. The molecule has 0 saturated carbocycles. The van der Waals surface area contributed by atoms with Crippen LogP contribution in [0.1, 0.15) is 11.1 Å². The van der Waals surface area contributed by atoms with E-state index in [0.717, 1.165) is 0 Å². The zero-order valence-electron chi connectivity index (χ0n) is 12.8. The lowest BCUT2D eigenvalue weighted by Crippen LogP contribution is -2.44. The minimum absolute atomic E-state index is 0.0100. The summed E-state index contributed by atoms with van der Waals surface area (Å²) in [6, 6.07) is 13.8. The smallest absolute Gasteiger partial charge is 0.247 e. The molecule has 2 aliphatic rings. The zero-order chi connectivity index (χ0) is 17.1. The number of fused-ring (bicyclic) bond motifs is 4. The van der Waals surface area contributed by atoms with E-state index in [1.165, 1.54) is 17.0 Å². The van der Waals surface area contributed by atoms with Gasteiger partial charge in [0.05, 0.1) is 0 Å². The molecule has 1 unspecified atom stereocenters. The summed E-state index contributed by atoms with van der Waals surface area (Å²) in [5, 5.41) is 19.5. The molecule has 3 N–H and O–H groups in total. The molecule has 0 aromatic heterocycles. The number of aromatic hydroxyl groups is 1. The largest absolute Gasteiger partial charge is 0.508 e. The van der Waals surface area contributed by atoms with Crippen LogP contribution in [0.2, 0.25) is 0 Å². The van der Waals surface area contributed by atoms with Gasteiger partial charge in [-0.1, -0.05) is 18.2 Å². The van der Waals surface area contributed by atoms with Crippen LogP contribution >= 0.6 is 0 Å². The maximum atomic E-state index is 13.3. The number of para-hydroxylation sites is 1. The Labute approximate surface area is 138 Å². The predicted octanol–water partition coefficient (Wildman–Crippen LogP) is 1.74. The number of carbonyl (C=O) groups excluding carboxylic acids is 1. The summed E-state index contributed by atoms with van der Waals surface area (Å²) in [4.78, 5) is 14.8. The number of nitrogens with zero attached hydrogens (tertiary/aromatic N) is 2. The average molecular weight is 319 g/mol. The van der Waals surface area contributed by atoms with Gasteiger partial charge in [0, 0.05) is 29.9 Å². The van der Waals surface area contributed by atoms with Crippen LogP contribution in [0.5, 0.6) is 11.5 Å². The SMILES string of the molecule is CN1C(=O)C2(C(C#N)=C(N)Oc3cc(O)ccc32)c2ccccc21. The molecular weight excluding hydrogens is 306 g/mol. The summed E-state index contributed by atoms with van der Waals surface area (Å²) in [7, 11) is 1.66. The van der Waals surface area contributed by atoms with Gasteiger partial charge in [-0.2, -0.15) is 5.26 Å². The number of benzene rings is 2. The van der Waals surface area contributed by atoms with E-state index >= 15 is 0 Å². The Balaban J connectivity index is 2.17. The second-order valence-corrected chi connectivity index (χ2v) is 5.76. The summed E-state index contributed by atoms with van der Waals surface area (Å²) >= 11 is 0. The predicted molar refractivity (Wildman–Crippen MR) is 86.2 cm³/mol. The minimum atomic E-state index is -1.36. The molecule has 2 aromatic carbocycles. The topological polar surface area (TPSA) is 99.6 Å². The third kappa shape index (κ3) is 1.46. The zero-order valence-corrected chi connectivity index (χ0v) is 12.8. The number of nitriles is 1. The van der Waals surface area contributed by atoms with Crippen LogP contribution < -0.4 is 15.4 Å². The van der Waals surface area contributed by atoms with Gasteiger partial charge in [-0.3, -0.25) is 4.79 Å². The van der Waals surface area contributed by atoms with E-state index < -0.39 is 5.41 Å².